The Morgan fingerprint density at radius 2 is 2.13 bits per heavy atom. The van der Waals surface area contributed by atoms with Gasteiger partial charge in [-0.2, -0.15) is 0 Å². The van der Waals surface area contributed by atoms with Gasteiger partial charge in [0.25, 0.3) is 0 Å². The van der Waals surface area contributed by atoms with Gasteiger partial charge in [0.1, 0.15) is 5.82 Å². The van der Waals surface area contributed by atoms with Crippen molar-refractivity contribution in [1.29, 1.82) is 0 Å². The van der Waals surface area contributed by atoms with Crippen LogP contribution in [0.5, 0.6) is 0 Å². The molecular weight excluding hydrogens is 291 g/mol. The maximum Gasteiger partial charge on any atom is 0.192 e. The van der Waals surface area contributed by atoms with Gasteiger partial charge in [0, 0.05) is 12.7 Å². The van der Waals surface area contributed by atoms with E-state index < -0.39 is 0 Å². The fraction of sp³-hybridized carbons (Fsp3) is 0.333. The van der Waals surface area contributed by atoms with Crippen molar-refractivity contribution in [2.45, 2.75) is 33.4 Å². The van der Waals surface area contributed by atoms with Gasteiger partial charge in [0.15, 0.2) is 5.96 Å². The molecule has 0 spiro atoms. The number of nitrogens with one attached hydrogen (secondary N) is 2. The molecule has 5 heteroatoms. The summed E-state index contributed by atoms with van der Waals surface area (Å²) in [6, 6.07) is 11.0. The normalized spacial score (nSPS) is 12.8. The molecule has 4 nitrogen and oxygen atoms in total. The van der Waals surface area contributed by atoms with Crippen LogP contribution in [0.2, 0.25) is 0 Å². The third-order valence-electron chi connectivity index (χ3n) is 3.52. The Morgan fingerprint density at radius 1 is 1.30 bits per heavy atom. The molecule has 1 aromatic carbocycles. The Morgan fingerprint density at radius 3 is 2.78 bits per heavy atom. The number of benzene rings is 1. The summed E-state index contributed by atoms with van der Waals surface area (Å²) in [4.78, 5) is 8.78. The van der Waals surface area contributed by atoms with Crippen LogP contribution in [0.25, 0.3) is 0 Å². The first-order chi connectivity index (χ1) is 11.1. The minimum Gasteiger partial charge on any atom is -0.357 e. The molecule has 0 aliphatic rings. The average Bonchev–Trinajstić information content (AvgIpc) is 2.56. The zero-order valence-corrected chi connectivity index (χ0v) is 13.8. The molecule has 0 radical (unpaired) electrons. The SMILES string of the molecule is CCNC(=NCc1ccccn1)NC(C)c1ccc(C)c(F)c1. The fourth-order valence-corrected chi connectivity index (χ4v) is 2.14. The average molecular weight is 314 g/mol. The number of nitrogens with zero attached hydrogens (tertiary/aromatic N) is 2. The molecule has 1 heterocycles. The molecule has 0 aliphatic heterocycles. The summed E-state index contributed by atoms with van der Waals surface area (Å²) >= 11 is 0. The Hall–Kier alpha value is -2.43. The van der Waals surface area contributed by atoms with Gasteiger partial charge < -0.3 is 10.6 Å². The summed E-state index contributed by atoms with van der Waals surface area (Å²) in [6.07, 6.45) is 1.75. The molecule has 2 aromatic rings. The van der Waals surface area contributed by atoms with E-state index in [1.54, 1.807) is 25.3 Å². The summed E-state index contributed by atoms with van der Waals surface area (Å²) in [5, 5.41) is 6.49. The van der Waals surface area contributed by atoms with Crippen molar-refractivity contribution in [3.8, 4) is 0 Å². The third-order valence-corrected chi connectivity index (χ3v) is 3.52. The summed E-state index contributed by atoms with van der Waals surface area (Å²) < 4.78 is 13.7. The minimum atomic E-state index is -0.188. The van der Waals surface area contributed by atoms with Gasteiger partial charge in [-0.25, -0.2) is 9.38 Å². The maximum atomic E-state index is 13.7. The molecule has 122 valence electrons. The van der Waals surface area contributed by atoms with Crippen LogP contribution in [-0.2, 0) is 6.54 Å². The molecule has 1 unspecified atom stereocenters. The first-order valence-corrected chi connectivity index (χ1v) is 7.81. The van der Waals surface area contributed by atoms with E-state index in [-0.39, 0.29) is 11.9 Å². The topological polar surface area (TPSA) is 49.3 Å². The molecule has 0 amide bonds. The summed E-state index contributed by atoms with van der Waals surface area (Å²) in [5.74, 6) is 0.498. The Balaban J connectivity index is 2.07. The minimum absolute atomic E-state index is 0.0494. The number of pyridine rings is 1. The van der Waals surface area contributed by atoms with E-state index >= 15 is 0 Å². The molecular formula is C18H23FN4. The number of aliphatic imine (C=N–C) groups is 1. The predicted molar refractivity (Wildman–Crippen MR) is 91.7 cm³/mol. The first kappa shape index (κ1) is 16.9. The van der Waals surface area contributed by atoms with Crippen LogP contribution in [0.1, 0.15) is 36.7 Å². The zero-order valence-electron chi connectivity index (χ0n) is 13.8. The summed E-state index contributed by atoms with van der Waals surface area (Å²) in [7, 11) is 0. The monoisotopic (exact) mass is 314 g/mol. The van der Waals surface area contributed by atoms with Crippen molar-refractivity contribution in [2.75, 3.05) is 6.54 Å². The van der Waals surface area contributed by atoms with Gasteiger partial charge in [-0.3, -0.25) is 4.98 Å². The highest BCUT2D eigenvalue weighted by atomic mass is 19.1. The van der Waals surface area contributed by atoms with E-state index in [1.807, 2.05) is 38.1 Å². The van der Waals surface area contributed by atoms with E-state index in [9.17, 15) is 4.39 Å². The van der Waals surface area contributed by atoms with Crippen molar-refractivity contribution in [2.24, 2.45) is 4.99 Å². The number of halogens is 1. The van der Waals surface area contributed by atoms with Crippen LogP contribution in [0.3, 0.4) is 0 Å². The van der Waals surface area contributed by atoms with E-state index in [0.29, 0.717) is 18.1 Å². The summed E-state index contributed by atoms with van der Waals surface area (Å²) in [5.41, 5.74) is 2.44. The predicted octanol–water partition coefficient (Wildman–Crippen LogP) is 3.35. The van der Waals surface area contributed by atoms with Crippen LogP contribution in [0, 0.1) is 12.7 Å². The molecule has 0 fully saturated rings. The van der Waals surface area contributed by atoms with Gasteiger partial charge in [-0.1, -0.05) is 18.2 Å². The Labute approximate surface area is 136 Å². The Kier molecular flexibility index (Phi) is 6.09. The van der Waals surface area contributed by atoms with E-state index in [4.69, 9.17) is 0 Å². The Bertz CT molecular complexity index is 655. The maximum absolute atomic E-state index is 13.7. The van der Waals surface area contributed by atoms with Crippen LogP contribution in [0.15, 0.2) is 47.6 Å². The number of rotatable bonds is 5. The highest BCUT2D eigenvalue weighted by Gasteiger charge is 2.09. The largest absolute Gasteiger partial charge is 0.357 e. The second-order valence-electron chi connectivity index (χ2n) is 5.39. The molecule has 2 N–H and O–H groups in total. The van der Waals surface area contributed by atoms with Crippen molar-refractivity contribution < 1.29 is 4.39 Å². The smallest absolute Gasteiger partial charge is 0.192 e. The van der Waals surface area contributed by atoms with Gasteiger partial charge in [-0.15, -0.1) is 0 Å². The molecule has 0 bridgehead atoms. The molecule has 2 rings (SSSR count). The lowest BCUT2D eigenvalue weighted by Gasteiger charge is -2.18. The highest BCUT2D eigenvalue weighted by Crippen LogP contribution is 2.16. The number of aryl methyl sites for hydroxylation is 1. The third kappa shape index (κ3) is 5.06. The summed E-state index contributed by atoms with van der Waals surface area (Å²) in [6.45, 7) is 7.00. The van der Waals surface area contributed by atoms with Gasteiger partial charge in [0.2, 0.25) is 0 Å². The lowest BCUT2D eigenvalue weighted by atomic mass is 10.1. The van der Waals surface area contributed by atoms with Gasteiger partial charge in [0.05, 0.1) is 18.3 Å². The first-order valence-electron chi connectivity index (χ1n) is 7.81. The van der Waals surface area contributed by atoms with Gasteiger partial charge in [-0.05, 0) is 50.1 Å². The van der Waals surface area contributed by atoms with Crippen molar-refractivity contribution in [3.05, 3.63) is 65.2 Å². The second kappa shape index (κ2) is 8.27. The van der Waals surface area contributed by atoms with Crippen molar-refractivity contribution in [3.63, 3.8) is 0 Å². The van der Waals surface area contributed by atoms with E-state index in [2.05, 4.69) is 20.6 Å². The van der Waals surface area contributed by atoms with Crippen molar-refractivity contribution in [1.82, 2.24) is 15.6 Å². The second-order valence-corrected chi connectivity index (χ2v) is 5.39. The number of hydrogen-bond acceptors (Lipinski definition) is 2. The lowest BCUT2D eigenvalue weighted by Crippen LogP contribution is -2.38. The fourth-order valence-electron chi connectivity index (χ4n) is 2.14. The van der Waals surface area contributed by atoms with Crippen LogP contribution < -0.4 is 10.6 Å². The zero-order chi connectivity index (χ0) is 16.7. The number of aromatic nitrogens is 1. The molecule has 1 atom stereocenters. The van der Waals surface area contributed by atoms with Crippen LogP contribution >= 0.6 is 0 Å². The standard InChI is InChI=1S/C18H23FN4/c1-4-20-18(22-12-16-7-5-6-10-21-16)23-14(3)15-9-8-13(2)17(19)11-15/h5-11,14H,4,12H2,1-3H3,(H2,20,22,23). The van der Waals surface area contributed by atoms with Crippen molar-refractivity contribution >= 4 is 5.96 Å². The molecule has 0 aliphatic carbocycles. The highest BCUT2D eigenvalue weighted by molar-refractivity contribution is 5.80. The van der Waals surface area contributed by atoms with Gasteiger partial charge >= 0.3 is 0 Å². The molecule has 1 aromatic heterocycles. The van der Waals surface area contributed by atoms with E-state index in [1.165, 1.54) is 0 Å². The molecule has 23 heavy (non-hydrogen) atoms. The molecule has 0 saturated carbocycles. The van der Waals surface area contributed by atoms with Crippen LogP contribution in [0.4, 0.5) is 4.39 Å². The molecule has 0 saturated heterocycles. The quantitative estimate of drug-likeness (QED) is 0.657. The number of hydrogen-bond donors (Lipinski definition) is 2. The van der Waals surface area contributed by atoms with Crippen LogP contribution in [-0.4, -0.2) is 17.5 Å². The number of guanidine groups is 1. The lowest BCUT2D eigenvalue weighted by molar-refractivity contribution is 0.607. The van der Waals surface area contributed by atoms with E-state index in [0.717, 1.165) is 17.8 Å².